The highest BCUT2D eigenvalue weighted by atomic mass is 32.2. The minimum atomic E-state index is -3.46. The Morgan fingerprint density at radius 3 is 2.59 bits per heavy atom. The van der Waals surface area contributed by atoms with Gasteiger partial charge in [0.25, 0.3) is 0 Å². The number of benzene rings is 1. The smallest absolute Gasteiger partial charge is 0.306 e. The van der Waals surface area contributed by atoms with Crippen LogP contribution in [0.2, 0.25) is 0 Å². The van der Waals surface area contributed by atoms with E-state index in [1.807, 2.05) is 12.1 Å². The molecule has 1 aliphatic heterocycles. The normalized spacial score (nSPS) is 21.1. The lowest BCUT2D eigenvalue weighted by Crippen LogP contribution is -2.33. The second-order valence-corrected chi connectivity index (χ2v) is 5.49. The average molecular weight is 257 g/mol. The first-order valence-corrected chi connectivity index (χ1v) is 7.18. The molecule has 1 aromatic rings. The van der Waals surface area contributed by atoms with E-state index in [1.54, 1.807) is 12.1 Å². The van der Waals surface area contributed by atoms with E-state index in [4.69, 9.17) is 8.92 Å². The Hall–Kier alpha value is -1.11. The van der Waals surface area contributed by atoms with Crippen LogP contribution in [0, 0.1) is 0 Å². The Labute approximate surface area is 101 Å². The lowest BCUT2D eigenvalue weighted by atomic mass is 10.1. The summed E-state index contributed by atoms with van der Waals surface area (Å²) in [5.74, 6) is 0.319. The van der Waals surface area contributed by atoms with Crippen LogP contribution in [0.25, 0.3) is 0 Å². The van der Waals surface area contributed by atoms with Crippen molar-refractivity contribution in [3.63, 3.8) is 0 Å². The fraction of sp³-hybridized carbons (Fsp3) is 0.455. The fourth-order valence-electron chi connectivity index (χ4n) is 1.69. The first kappa shape index (κ1) is 12.3. The van der Waals surface area contributed by atoms with Gasteiger partial charge in [0.2, 0.25) is 0 Å². The molecule has 1 heterocycles. The van der Waals surface area contributed by atoms with Crippen molar-refractivity contribution in [3.05, 3.63) is 29.8 Å². The molecule has 0 aliphatic carbocycles. The van der Waals surface area contributed by atoms with Crippen molar-refractivity contribution in [1.29, 1.82) is 0 Å². The highest BCUT2D eigenvalue weighted by Crippen LogP contribution is 2.22. The van der Waals surface area contributed by atoms with Crippen LogP contribution >= 0.6 is 0 Å². The van der Waals surface area contributed by atoms with Crippen LogP contribution in [-0.4, -0.2) is 34.4 Å². The van der Waals surface area contributed by atoms with E-state index >= 15 is 0 Å². The van der Waals surface area contributed by atoms with E-state index < -0.39 is 10.1 Å². The van der Waals surface area contributed by atoms with Crippen LogP contribution in [0.1, 0.15) is 11.7 Å². The van der Waals surface area contributed by atoms with Gasteiger partial charge in [-0.2, -0.15) is 8.42 Å². The van der Waals surface area contributed by atoms with Gasteiger partial charge in [0, 0.05) is 13.1 Å². The van der Waals surface area contributed by atoms with Crippen LogP contribution < -0.4 is 9.50 Å². The van der Waals surface area contributed by atoms with Gasteiger partial charge in [-0.15, -0.1) is 0 Å². The summed E-state index contributed by atoms with van der Waals surface area (Å²) in [7, 11) is -3.46. The fourth-order valence-corrected chi connectivity index (χ4v) is 2.15. The molecule has 0 radical (unpaired) electrons. The Balaban J connectivity index is 2.07. The number of nitrogens with one attached hydrogen (secondary N) is 1. The number of hydrogen-bond donors (Lipinski definition) is 1. The standard InChI is InChI=1S/C11H15NO4S/c1-17(13,14)16-10-4-2-9(3-5-10)11-8-12-6-7-15-11/h2-5,11-12H,6-8H2,1H3/t11-/m0/s1. The molecule has 1 atom stereocenters. The second-order valence-electron chi connectivity index (χ2n) is 3.92. The zero-order valence-corrected chi connectivity index (χ0v) is 10.4. The molecule has 2 rings (SSSR count). The number of ether oxygens (including phenoxy) is 1. The van der Waals surface area contributed by atoms with Crippen molar-refractivity contribution in [2.45, 2.75) is 6.10 Å². The summed E-state index contributed by atoms with van der Waals surface area (Å²) in [6.45, 7) is 2.32. The third-order valence-electron chi connectivity index (χ3n) is 2.43. The maximum absolute atomic E-state index is 10.9. The predicted molar refractivity (Wildman–Crippen MR) is 63.5 cm³/mol. The first-order valence-electron chi connectivity index (χ1n) is 5.36. The van der Waals surface area contributed by atoms with Crippen molar-refractivity contribution in [2.75, 3.05) is 26.0 Å². The summed E-state index contributed by atoms with van der Waals surface area (Å²) in [5.41, 5.74) is 1.01. The predicted octanol–water partition coefficient (Wildman–Crippen LogP) is 0.686. The monoisotopic (exact) mass is 257 g/mol. The summed E-state index contributed by atoms with van der Waals surface area (Å²) < 4.78 is 32.2. The maximum Gasteiger partial charge on any atom is 0.306 e. The van der Waals surface area contributed by atoms with Crippen molar-refractivity contribution >= 4 is 10.1 Å². The van der Waals surface area contributed by atoms with Gasteiger partial charge < -0.3 is 14.2 Å². The first-order chi connectivity index (χ1) is 8.04. The molecule has 1 saturated heterocycles. The van der Waals surface area contributed by atoms with Crippen LogP contribution in [-0.2, 0) is 14.9 Å². The van der Waals surface area contributed by atoms with E-state index in [2.05, 4.69) is 5.32 Å². The van der Waals surface area contributed by atoms with Gasteiger partial charge in [0.05, 0.1) is 19.0 Å². The summed E-state index contributed by atoms with van der Waals surface area (Å²) in [6.07, 6.45) is 1.05. The van der Waals surface area contributed by atoms with E-state index in [9.17, 15) is 8.42 Å². The Bertz CT molecular complexity index is 463. The largest absolute Gasteiger partial charge is 0.383 e. The number of hydrogen-bond acceptors (Lipinski definition) is 5. The molecule has 94 valence electrons. The van der Waals surface area contributed by atoms with E-state index in [0.717, 1.165) is 24.9 Å². The molecule has 0 aromatic heterocycles. The zero-order valence-electron chi connectivity index (χ0n) is 9.55. The maximum atomic E-state index is 10.9. The molecule has 5 nitrogen and oxygen atoms in total. The Kier molecular flexibility index (Phi) is 3.66. The topological polar surface area (TPSA) is 64.6 Å². The lowest BCUT2D eigenvalue weighted by Gasteiger charge is -2.23. The zero-order chi connectivity index (χ0) is 12.3. The van der Waals surface area contributed by atoms with Gasteiger partial charge in [0.15, 0.2) is 0 Å². The molecule has 0 spiro atoms. The van der Waals surface area contributed by atoms with E-state index in [0.29, 0.717) is 12.4 Å². The summed E-state index contributed by atoms with van der Waals surface area (Å²) in [5, 5.41) is 3.23. The SMILES string of the molecule is CS(=O)(=O)Oc1ccc([C@@H]2CNCCO2)cc1. The van der Waals surface area contributed by atoms with Gasteiger partial charge in [-0.3, -0.25) is 0 Å². The molecule has 1 fully saturated rings. The molecule has 0 bridgehead atoms. The number of rotatable bonds is 3. The minimum Gasteiger partial charge on any atom is -0.383 e. The van der Waals surface area contributed by atoms with Gasteiger partial charge in [0.1, 0.15) is 5.75 Å². The average Bonchev–Trinajstić information content (AvgIpc) is 2.29. The molecule has 17 heavy (non-hydrogen) atoms. The quantitative estimate of drug-likeness (QED) is 0.807. The van der Waals surface area contributed by atoms with Crippen LogP contribution in [0.3, 0.4) is 0 Å². The van der Waals surface area contributed by atoms with E-state index in [1.165, 1.54) is 0 Å². The van der Waals surface area contributed by atoms with Crippen molar-refractivity contribution in [2.24, 2.45) is 0 Å². The van der Waals surface area contributed by atoms with Crippen LogP contribution in [0.15, 0.2) is 24.3 Å². The molecular formula is C11H15NO4S. The van der Waals surface area contributed by atoms with Gasteiger partial charge in [-0.05, 0) is 17.7 Å². The highest BCUT2D eigenvalue weighted by Gasteiger charge is 2.15. The Morgan fingerprint density at radius 1 is 1.35 bits per heavy atom. The van der Waals surface area contributed by atoms with Gasteiger partial charge >= 0.3 is 10.1 Å². The molecule has 0 unspecified atom stereocenters. The molecule has 6 heteroatoms. The molecule has 1 N–H and O–H groups in total. The minimum absolute atomic E-state index is 0.0241. The summed E-state index contributed by atoms with van der Waals surface area (Å²) >= 11 is 0. The molecule has 0 amide bonds. The molecule has 1 aliphatic rings. The van der Waals surface area contributed by atoms with Gasteiger partial charge in [-0.25, -0.2) is 0 Å². The van der Waals surface area contributed by atoms with Crippen molar-refractivity contribution in [1.82, 2.24) is 5.32 Å². The van der Waals surface area contributed by atoms with Crippen LogP contribution in [0.5, 0.6) is 5.75 Å². The lowest BCUT2D eigenvalue weighted by molar-refractivity contribution is 0.0277. The molecule has 1 aromatic carbocycles. The second kappa shape index (κ2) is 5.03. The van der Waals surface area contributed by atoms with Crippen molar-refractivity contribution in [3.8, 4) is 5.75 Å². The Morgan fingerprint density at radius 2 is 2.06 bits per heavy atom. The summed E-state index contributed by atoms with van der Waals surface area (Å²) in [4.78, 5) is 0. The highest BCUT2D eigenvalue weighted by molar-refractivity contribution is 7.86. The molecular weight excluding hydrogens is 242 g/mol. The van der Waals surface area contributed by atoms with E-state index in [-0.39, 0.29) is 6.10 Å². The van der Waals surface area contributed by atoms with Gasteiger partial charge in [-0.1, -0.05) is 12.1 Å². The molecule has 0 saturated carbocycles. The summed E-state index contributed by atoms with van der Waals surface area (Å²) in [6, 6.07) is 6.90. The van der Waals surface area contributed by atoms with Crippen molar-refractivity contribution < 1.29 is 17.3 Å². The third-order valence-corrected chi connectivity index (χ3v) is 2.92. The number of morpholine rings is 1. The van der Waals surface area contributed by atoms with Crippen LogP contribution in [0.4, 0.5) is 0 Å². The third kappa shape index (κ3) is 3.69.